The topological polar surface area (TPSA) is 54.1 Å². The van der Waals surface area contributed by atoms with Crippen molar-refractivity contribution in [1.29, 1.82) is 0 Å². The number of nitrogens with one attached hydrogen (secondary N) is 2. The number of carbonyl (C=O) groups excluding carboxylic acids is 1. The second-order valence-electron chi connectivity index (χ2n) is 3.65. The number of rotatable bonds is 4. The Balaban J connectivity index is 2.09. The number of hydrogen-bond donors (Lipinski definition) is 2. The molecule has 0 unspecified atom stereocenters. The fraction of sp³-hybridized carbons (Fsp3) is 0.154. The molecule has 0 aliphatic heterocycles. The molecule has 2 N–H and O–H groups in total. The third kappa shape index (κ3) is 3.13. The van der Waals surface area contributed by atoms with Crippen LogP contribution in [0.2, 0.25) is 0 Å². The largest absolute Gasteiger partial charge is 0.494 e. The fourth-order valence-electron chi connectivity index (χ4n) is 1.53. The minimum absolute atomic E-state index is 0.186. The molecule has 1 aromatic carbocycles. The predicted octanol–water partition coefficient (Wildman–Crippen LogP) is 3.43. The van der Waals surface area contributed by atoms with E-state index in [0.717, 1.165) is 10.2 Å². The van der Waals surface area contributed by atoms with Gasteiger partial charge in [0.1, 0.15) is 11.4 Å². The van der Waals surface area contributed by atoms with Gasteiger partial charge in [0.15, 0.2) is 0 Å². The first-order chi connectivity index (χ1) is 8.69. The molecular formula is C13H13BrN2O2. The Labute approximate surface area is 113 Å². The second-order valence-corrected chi connectivity index (χ2v) is 4.56. The van der Waals surface area contributed by atoms with Crippen LogP contribution in [-0.2, 0) is 0 Å². The van der Waals surface area contributed by atoms with Crippen LogP contribution in [-0.4, -0.2) is 17.5 Å². The molecule has 0 bridgehead atoms. The number of H-pyrrole nitrogens is 1. The molecular weight excluding hydrogens is 296 g/mol. The number of anilines is 1. The van der Waals surface area contributed by atoms with E-state index in [-0.39, 0.29) is 5.91 Å². The quantitative estimate of drug-likeness (QED) is 0.909. The van der Waals surface area contributed by atoms with Crippen molar-refractivity contribution in [3.05, 3.63) is 46.7 Å². The zero-order valence-corrected chi connectivity index (χ0v) is 11.5. The number of amides is 1. The molecule has 0 radical (unpaired) electrons. The van der Waals surface area contributed by atoms with E-state index < -0.39 is 0 Å². The maximum absolute atomic E-state index is 11.9. The van der Waals surface area contributed by atoms with Crippen LogP contribution in [0.5, 0.6) is 5.75 Å². The summed E-state index contributed by atoms with van der Waals surface area (Å²) in [5, 5.41) is 2.80. The average molecular weight is 309 g/mol. The highest BCUT2D eigenvalue weighted by Crippen LogP contribution is 2.18. The molecule has 0 atom stereocenters. The molecule has 0 aliphatic rings. The molecule has 1 aromatic heterocycles. The van der Waals surface area contributed by atoms with Crippen LogP contribution in [0.4, 0.5) is 5.69 Å². The lowest BCUT2D eigenvalue weighted by Gasteiger charge is -2.07. The van der Waals surface area contributed by atoms with Crippen molar-refractivity contribution in [1.82, 2.24) is 4.98 Å². The first-order valence-electron chi connectivity index (χ1n) is 5.57. The molecule has 0 saturated carbocycles. The van der Waals surface area contributed by atoms with Crippen molar-refractivity contribution >= 4 is 27.5 Å². The summed E-state index contributed by atoms with van der Waals surface area (Å²) in [5.41, 5.74) is 1.21. The first-order valence-corrected chi connectivity index (χ1v) is 6.36. The van der Waals surface area contributed by atoms with Gasteiger partial charge in [-0.2, -0.15) is 0 Å². The molecule has 2 aromatic rings. The summed E-state index contributed by atoms with van der Waals surface area (Å²) in [5.74, 6) is 0.553. The highest BCUT2D eigenvalue weighted by molar-refractivity contribution is 9.10. The Morgan fingerprint density at radius 2 is 2.28 bits per heavy atom. The zero-order valence-electron chi connectivity index (χ0n) is 9.87. The molecule has 0 fully saturated rings. The number of carbonyl (C=O) groups is 1. The van der Waals surface area contributed by atoms with Gasteiger partial charge in [0, 0.05) is 22.4 Å². The van der Waals surface area contributed by atoms with Gasteiger partial charge in [-0.05, 0) is 41.1 Å². The highest BCUT2D eigenvalue weighted by Gasteiger charge is 2.08. The summed E-state index contributed by atoms with van der Waals surface area (Å²) in [6.45, 7) is 2.52. The predicted molar refractivity (Wildman–Crippen MR) is 74.1 cm³/mol. The minimum atomic E-state index is -0.186. The lowest BCUT2D eigenvalue weighted by atomic mass is 10.3. The monoisotopic (exact) mass is 308 g/mol. The molecule has 0 saturated heterocycles. The van der Waals surface area contributed by atoms with Gasteiger partial charge < -0.3 is 15.0 Å². The summed E-state index contributed by atoms with van der Waals surface area (Å²) in [7, 11) is 0. The third-order valence-corrected chi connectivity index (χ3v) is 2.75. The van der Waals surface area contributed by atoms with Crippen LogP contribution in [0, 0.1) is 0 Å². The summed E-state index contributed by atoms with van der Waals surface area (Å²) in [6, 6.07) is 9.02. The van der Waals surface area contributed by atoms with Crippen LogP contribution in [0.15, 0.2) is 41.0 Å². The van der Waals surface area contributed by atoms with Gasteiger partial charge in [-0.15, -0.1) is 0 Å². The number of benzene rings is 1. The maximum Gasteiger partial charge on any atom is 0.272 e. The van der Waals surface area contributed by atoms with Crippen molar-refractivity contribution in [2.45, 2.75) is 6.92 Å². The van der Waals surface area contributed by atoms with Gasteiger partial charge in [-0.3, -0.25) is 4.79 Å². The number of aromatic nitrogens is 1. The van der Waals surface area contributed by atoms with Crippen LogP contribution >= 0.6 is 15.9 Å². The molecule has 18 heavy (non-hydrogen) atoms. The number of aromatic amines is 1. The molecule has 2 rings (SSSR count). The first kappa shape index (κ1) is 12.7. The molecule has 1 heterocycles. The van der Waals surface area contributed by atoms with Gasteiger partial charge >= 0.3 is 0 Å². The van der Waals surface area contributed by atoms with Gasteiger partial charge in [0.25, 0.3) is 5.91 Å². The third-order valence-electron chi connectivity index (χ3n) is 2.30. The van der Waals surface area contributed by atoms with Gasteiger partial charge in [-0.25, -0.2) is 0 Å². The molecule has 4 nitrogen and oxygen atoms in total. The smallest absolute Gasteiger partial charge is 0.272 e. The minimum Gasteiger partial charge on any atom is -0.494 e. The van der Waals surface area contributed by atoms with Crippen LogP contribution in [0.1, 0.15) is 17.4 Å². The van der Waals surface area contributed by atoms with Gasteiger partial charge in [-0.1, -0.05) is 6.07 Å². The number of hydrogen-bond acceptors (Lipinski definition) is 2. The molecule has 0 aliphatic carbocycles. The van der Waals surface area contributed by atoms with Crippen LogP contribution in [0.3, 0.4) is 0 Å². The summed E-state index contributed by atoms with van der Waals surface area (Å²) in [4.78, 5) is 14.8. The molecule has 1 amide bonds. The van der Waals surface area contributed by atoms with Crippen molar-refractivity contribution in [2.24, 2.45) is 0 Å². The van der Waals surface area contributed by atoms with E-state index in [1.807, 2.05) is 25.1 Å². The van der Waals surface area contributed by atoms with E-state index in [9.17, 15) is 4.79 Å². The van der Waals surface area contributed by atoms with E-state index in [2.05, 4.69) is 26.2 Å². The zero-order chi connectivity index (χ0) is 13.0. The van der Waals surface area contributed by atoms with Gasteiger partial charge in [0.05, 0.1) is 6.61 Å². The Morgan fingerprint density at radius 1 is 1.44 bits per heavy atom. The fourth-order valence-corrected chi connectivity index (χ4v) is 1.87. The van der Waals surface area contributed by atoms with Crippen LogP contribution < -0.4 is 10.1 Å². The highest BCUT2D eigenvalue weighted by atomic mass is 79.9. The standard InChI is InChI=1S/C13H13BrN2O2/c1-2-18-11-5-3-4-10(7-11)16-13(17)12-6-9(14)8-15-12/h3-8,15H,2H2,1H3,(H,16,17). The lowest BCUT2D eigenvalue weighted by Crippen LogP contribution is -2.12. The SMILES string of the molecule is CCOc1cccc(NC(=O)c2cc(Br)c[nH]2)c1. The molecule has 94 valence electrons. The van der Waals surface area contributed by atoms with Crippen molar-refractivity contribution < 1.29 is 9.53 Å². The summed E-state index contributed by atoms with van der Waals surface area (Å²) < 4.78 is 6.21. The summed E-state index contributed by atoms with van der Waals surface area (Å²) >= 11 is 3.29. The normalized spacial score (nSPS) is 10.1. The number of halogens is 1. The van der Waals surface area contributed by atoms with Crippen molar-refractivity contribution in [2.75, 3.05) is 11.9 Å². The molecule has 0 spiro atoms. The second kappa shape index (κ2) is 5.73. The maximum atomic E-state index is 11.9. The van der Waals surface area contributed by atoms with Gasteiger partial charge in [0.2, 0.25) is 0 Å². The molecule has 5 heteroatoms. The van der Waals surface area contributed by atoms with E-state index in [0.29, 0.717) is 18.0 Å². The van der Waals surface area contributed by atoms with Crippen molar-refractivity contribution in [3.8, 4) is 5.75 Å². The Bertz CT molecular complexity index is 551. The number of ether oxygens (including phenoxy) is 1. The Hall–Kier alpha value is -1.75. The average Bonchev–Trinajstić information content (AvgIpc) is 2.77. The van der Waals surface area contributed by atoms with E-state index in [1.165, 1.54) is 0 Å². The van der Waals surface area contributed by atoms with Crippen LogP contribution in [0.25, 0.3) is 0 Å². The lowest BCUT2D eigenvalue weighted by molar-refractivity contribution is 0.102. The Morgan fingerprint density at radius 3 is 2.94 bits per heavy atom. The van der Waals surface area contributed by atoms with E-state index in [1.54, 1.807) is 18.3 Å². The van der Waals surface area contributed by atoms with Crippen molar-refractivity contribution in [3.63, 3.8) is 0 Å². The van der Waals surface area contributed by atoms with E-state index >= 15 is 0 Å². The Kier molecular flexibility index (Phi) is 4.04. The van der Waals surface area contributed by atoms with E-state index in [4.69, 9.17) is 4.74 Å². The summed E-state index contributed by atoms with van der Waals surface area (Å²) in [6.07, 6.45) is 1.71.